The fourth-order valence-electron chi connectivity index (χ4n) is 4.31. The second-order valence-corrected chi connectivity index (χ2v) is 13.3. The molecule has 15 heteroatoms. The van der Waals surface area contributed by atoms with Gasteiger partial charge in [0.05, 0.1) is 40.0 Å². The van der Waals surface area contributed by atoms with Gasteiger partial charge in [-0.05, 0) is 84.7 Å². The van der Waals surface area contributed by atoms with E-state index < -0.39 is 27.8 Å². The number of sulfonamides is 1. The van der Waals surface area contributed by atoms with E-state index >= 15 is 0 Å². The normalized spacial score (nSPS) is 16.0. The molecule has 2 atom stereocenters. The lowest BCUT2D eigenvalue weighted by molar-refractivity contribution is -0.996. The molecule has 1 saturated heterocycles. The van der Waals surface area contributed by atoms with Crippen molar-refractivity contribution in [2.45, 2.75) is 71.6 Å². The summed E-state index contributed by atoms with van der Waals surface area (Å²) in [6.07, 6.45) is -0.130. The van der Waals surface area contributed by atoms with Gasteiger partial charge in [0.1, 0.15) is 6.61 Å². The van der Waals surface area contributed by atoms with Crippen LogP contribution in [0.15, 0.2) is 59.5 Å². The lowest BCUT2D eigenvalue weighted by Crippen LogP contribution is -2.92. The van der Waals surface area contributed by atoms with E-state index in [1.807, 2.05) is 48.9 Å². The van der Waals surface area contributed by atoms with Crippen molar-refractivity contribution < 1.29 is 43.1 Å². The van der Waals surface area contributed by atoms with Crippen LogP contribution in [-0.2, 0) is 29.1 Å². The van der Waals surface area contributed by atoms with Crippen LogP contribution in [0.5, 0.6) is 0 Å². The molecular weight excluding hydrogens is 604 g/mol. The van der Waals surface area contributed by atoms with Crippen LogP contribution in [0.2, 0.25) is 0 Å². The summed E-state index contributed by atoms with van der Waals surface area (Å²) in [5.74, 6) is 4.46. The Bertz CT molecular complexity index is 1540. The number of nitrogens with zero attached hydrogens (tertiary/aromatic N) is 3. The number of aromatic nitrogens is 2. The van der Waals surface area contributed by atoms with Crippen LogP contribution in [-0.4, -0.2) is 66.0 Å². The van der Waals surface area contributed by atoms with Crippen molar-refractivity contribution in [1.29, 1.82) is 0 Å². The van der Waals surface area contributed by atoms with Crippen molar-refractivity contribution >= 4 is 22.1 Å². The number of rotatable bonds is 9. The second-order valence-electron chi connectivity index (χ2n) is 11.7. The molecular formula is C30H43N6O8S+. The summed E-state index contributed by atoms with van der Waals surface area (Å²) in [4.78, 5) is 27.4. The number of esters is 1. The number of quaternary nitrogens is 1. The van der Waals surface area contributed by atoms with Crippen molar-refractivity contribution in [3.63, 3.8) is 0 Å². The first-order chi connectivity index (χ1) is 21.1. The van der Waals surface area contributed by atoms with E-state index in [-0.39, 0.29) is 23.5 Å². The molecule has 6 N–H and O–H groups in total. The van der Waals surface area contributed by atoms with Crippen molar-refractivity contribution in [3.8, 4) is 16.9 Å². The fraction of sp³-hybridized carbons (Fsp3) is 0.433. The first-order valence-electron chi connectivity index (χ1n) is 14.4. The zero-order valence-electron chi connectivity index (χ0n) is 26.4. The van der Waals surface area contributed by atoms with E-state index in [0.29, 0.717) is 12.2 Å². The van der Waals surface area contributed by atoms with E-state index in [1.54, 1.807) is 49.5 Å². The molecule has 2 aromatic carbocycles. The third-order valence-corrected chi connectivity index (χ3v) is 8.17. The first kappa shape index (κ1) is 35.6. The Hall–Kier alpha value is -3.86. The topological polar surface area (TPSA) is 192 Å². The fourth-order valence-corrected chi connectivity index (χ4v) is 5.20. The Morgan fingerprint density at radius 3 is 2.36 bits per heavy atom. The van der Waals surface area contributed by atoms with Gasteiger partial charge < -0.3 is 9.47 Å². The predicted molar refractivity (Wildman–Crippen MR) is 164 cm³/mol. The molecule has 0 radical (unpaired) electrons. The van der Waals surface area contributed by atoms with Crippen molar-refractivity contribution in [1.82, 2.24) is 19.5 Å². The van der Waals surface area contributed by atoms with Gasteiger partial charge in [-0.15, -0.1) is 10.6 Å². The quantitative estimate of drug-likeness (QED) is 0.116. The van der Waals surface area contributed by atoms with E-state index in [4.69, 9.17) is 15.4 Å². The van der Waals surface area contributed by atoms with Crippen LogP contribution < -0.4 is 16.2 Å². The van der Waals surface area contributed by atoms with Crippen molar-refractivity contribution in [2.75, 3.05) is 13.2 Å². The summed E-state index contributed by atoms with van der Waals surface area (Å²) in [7, 11) is -4.11. The average molecular weight is 648 g/mol. The highest BCUT2D eigenvalue weighted by Crippen LogP contribution is 2.25. The number of nitrogens with two attached hydrogens (primary N) is 2. The van der Waals surface area contributed by atoms with E-state index in [2.05, 4.69) is 9.94 Å². The number of hydrogen-bond acceptors (Lipinski definition) is 11. The minimum absolute atomic E-state index is 0.0161. The number of benzene rings is 2. The lowest BCUT2D eigenvalue weighted by Gasteiger charge is -2.19. The van der Waals surface area contributed by atoms with E-state index in [9.17, 15) is 23.2 Å². The van der Waals surface area contributed by atoms with Gasteiger partial charge in [-0.25, -0.2) is 28.5 Å². The van der Waals surface area contributed by atoms with Gasteiger partial charge in [-0.2, -0.15) is 10.3 Å². The van der Waals surface area contributed by atoms with Gasteiger partial charge in [0.2, 0.25) is 6.29 Å². The summed E-state index contributed by atoms with van der Waals surface area (Å²) in [6.45, 7) is 11.4. The maximum atomic E-state index is 12.6. The molecule has 1 unspecified atom stereocenters. The minimum Gasteiger partial charge on any atom is -0.447 e. The largest absolute Gasteiger partial charge is 0.447 e. The van der Waals surface area contributed by atoms with Crippen molar-refractivity contribution in [3.05, 3.63) is 65.9 Å². The highest BCUT2D eigenvalue weighted by atomic mass is 32.2. The summed E-state index contributed by atoms with van der Waals surface area (Å²) in [5, 5.41) is 15.4. The number of aryl methyl sites for hydroxylation is 2. The molecule has 1 fully saturated rings. The molecule has 14 nitrogen and oxygen atoms in total. The van der Waals surface area contributed by atoms with Gasteiger partial charge in [-0.3, -0.25) is 9.63 Å². The maximum Gasteiger partial charge on any atom is 0.421 e. The number of nitrogens with one attached hydrogen (secondary N) is 1. The molecule has 4 rings (SSSR count). The SMILES string of the molecule is CC(ON)OC(=O)C(C)(C)C.Cc1ccc(-c2cc(C)nn2-c2ccc(S(=O)(=O)NC(=O)OC[C@H]3CCCN3[NH2+]O)cc2)cc1. The number of amides is 1. The third kappa shape index (κ3) is 10.1. The number of carbonyl (C=O) groups is 2. The van der Waals surface area contributed by atoms with Crippen LogP contribution in [0, 0.1) is 19.3 Å². The second kappa shape index (κ2) is 15.4. The Balaban J connectivity index is 0.000000430. The van der Waals surface area contributed by atoms with Crippen LogP contribution >= 0.6 is 0 Å². The standard InChI is InChI=1S/C23H27N5O5S.C7H15NO3/c1-16-5-7-18(8-6-16)22-14-17(2)24-28(22)19-9-11-21(12-10-19)34(31,32)25-23(29)33-15-20-4-3-13-27(20)26-30;1-5(11-8)10-6(9)7(2,3)4/h5-12,14,20,26,30H,3-4,13,15H2,1-2H3,(H,25,29);5H,8H2,1-4H3/p+1/t20-;/m1./s1. The van der Waals surface area contributed by atoms with E-state index in [1.165, 1.54) is 12.1 Å². The Kier molecular flexibility index (Phi) is 12.2. The summed E-state index contributed by atoms with van der Waals surface area (Å²) in [5.41, 5.74) is 5.00. The molecule has 45 heavy (non-hydrogen) atoms. The highest BCUT2D eigenvalue weighted by molar-refractivity contribution is 7.90. The predicted octanol–water partition coefficient (Wildman–Crippen LogP) is 2.72. The number of hydrogen-bond donors (Lipinski definition) is 4. The summed E-state index contributed by atoms with van der Waals surface area (Å²) < 4.78 is 38.8. The number of carbonyl (C=O) groups excluding carboxylic acids is 2. The third-order valence-electron chi connectivity index (χ3n) is 6.84. The van der Waals surface area contributed by atoms with Crippen LogP contribution in [0.3, 0.4) is 0 Å². The monoisotopic (exact) mass is 647 g/mol. The van der Waals surface area contributed by atoms with E-state index in [0.717, 1.165) is 40.9 Å². The molecule has 0 spiro atoms. The smallest absolute Gasteiger partial charge is 0.421 e. The first-order valence-corrected chi connectivity index (χ1v) is 15.9. The maximum absolute atomic E-state index is 12.6. The van der Waals surface area contributed by atoms with Crippen LogP contribution in [0.25, 0.3) is 16.9 Å². The van der Waals surface area contributed by atoms with Gasteiger partial charge >= 0.3 is 12.1 Å². The Labute approximate surface area is 263 Å². The van der Waals surface area contributed by atoms with Gasteiger partial charge in [-0.1, -0.05) is 29.8 Å². The summed E-state index contributed by atoms with van der Waals surface area (Å²) >= 11 is 0. The Morgan fingerprint density at radius 1 is 1.13 bits per heavy atom. The molecule has 1 aliphatic rings. The molecule has 1 amide bonds. The van der Waals surface area contributed by atoms with Gasteiger partial charge in [0.15, 0.2) is 0 Å². The Morgan fingerprint density at radius 2 is 1.78 bits per heavy atom. The lowest BCUT2D eigenvalue weighted by atomic mass is 9.97. The molecule has 2 heterocycles. The van der Waals surface area contributed by atoms with Crippen LogP contribution in [0.1, 0.15) is 51.8 Å². The molecule has 246 valence electrons. The molecule has 1 aromatic heterocycles. The minimum atomic E-state index is -4.11. The highest BCUT2D eigenvalue weighted by Gasteiger charge is 2.29. The molecule has 0 bridgehead atoms. The summed E-state index contributed by atoms with van der Waals surface area (Å²) in [6, 6.07) is 16.0. The molecule has 3 aromatic rings. The average Bonchev–Trinajstić information content (AvgIpc) is 3.62. The van der Waals surface area contributed by atoms with Gasteiger partial charge in [0, 0.05) is 5.56 Å². The van der Waals surface area contributed by atoms with Gasteiger partial charge in [0.25, 0.3) is 10.0 Å². The molecule has 1 aliphatic heterocycles. The van der Waals surface area contributed by atoms with Crippen molar-refractivity contribution in [2.24, 2.45) is 11.3 Å². The zero-order valence-corrected chi connectivity index (χ0v) is 27.2. The molecule has 0 saturated carbocycles. The zero-order chi connectivity index (χ0) is 33.4. The van der Waals surface area contributed by atoms with Crippen LogP contribution in [0.4, 0.5) is 4.79 Å². The number of ether oxygens (including phenoxy) is 2. The molecule has 0 aliphatic carbocycles.